The van der Waals surface area contributed by atoms with Crippen LogP contribution >= 0.6 is 0 Å². The number of nitrogens with zero attached hydrogens (tertiary/aromatic N) is 3. The number of anilines is 2. The number of nitrogens with one attached hydrogen (secondary N) is 2. The summed E-state index contributed by atoms with van der Waals surface area (Å²) in [6.07, 6.45) is 18.4. The number of allylic oxidation sites excluding steroid dienone is 5. The molecule has 2 aliphatic carbocycles. The van der Waals surface area contributed by atoms with E-state index in [4.69, 9.17) is 14.4 Å². The van der Waals surface area contributed by atoms with E-state index in [2.05, 4.69) is 137 Å². The molecule has 0 saturated heterocycles. The number of benzene rings is 3. The van der Waals surface area contributed by atoms with Crippen molar-refractivity contribution in [2.75, 3.05) is 4.90 Å². The summed E-state index contributed by atoms with van der Waals surface area (Å²) < 4.78 is 6.52. The zero-order valence-electron chi connectivity index (χ0n) is 24.0. The predicted molar refractivity (Wildman–Crippen MR) is 177 cm³/mol. The molecular weight excluding hydrogens is 542 g/mol. The van der Waals surface area contributed by atoms with Crippen molar-refractivity contribution in [3.63, 3.8) is 0 Å². The molecule has 2 N–H and O–H groups in total. The van der Waals surface area contributed by atoms with E-state index in [1.807, 2.05) is 12.1 Å². The third-order valence-electron chi connectivity index (χ3n) is 9.23. The van der Waals surface area contributed by atoms with Crippen LogP contribution < -0.4 is 15.5 Å². The first-order valence-electron chi connectivity index (χ1n) is 15.4. The zero-order valence-corrected chi connectivity index (χ0v) is 24.0. The van der Waals surface area contributed by atoms with Gasteiger partial charge in [0.15, 0.2) is 5.84 Å². The first kappa shape index (κ1) is 25.3. The number of fused-ring (bicyclic) bond motifs is 7. The lowest BCUT2D eigenvalue weighted by molar-refractivity contribution is 0.328. The van der Waals surface area contributed by atoms with Gasteiger partial charge in [-0.15, -0.1) is 0 Å². The van der Waals surface area contributed by atoms with Gasteiger partial charge >= 0.3 is 0 Å². The SMILES string of the molecule is C1=CCC(C2NC(c3cccc(N4c5ccc6c(oc7ccccc76)c5C5C=CC=CC54)n3)=NC(c3ccccc3)N2)C=C1. The van der Waals surface area contributed by atoms with Crippen LogP contribution in [0.5, 0.6) is 0 Å². The van der Waals surface area contributed by atoms with Gasteiger partial charge in [0, 0.05) is 28.2 Å². The Labute approximate surface area is 255 Å². The highest BCUT2D eigenvalue weighted by Crippen LogP contribution is 2.51. The molecule has 0 radical (unpaired) electrons. The van der Waals surface area contributed by atoms with Gasteiger partial charge in [-0.1, -0.05) is 103 Å². The van der Waals surface area contributed by atoms with Crippen molar-refractivity contribution in [2.24, 2.45) is 10.9 Å². The highest BCUT2D eigenvalue weighted by atomic mass is 16.3. The number of amidine groups is 1. The fourth-order valence-corrected chi connectivity index (χ4v) is 7.15. The molecule has 6 nitrogen and oxygen atoms in total. The lowest BCUT2D eigenvalue weighted by atomic mass is 9.90. The fraction of sp³-hybridized carbons (Fsp3) is 0.158. The Kier molecular flexibility index (Phi) is 5.87. The largest absolute Gasteiger partial charge is 0.456 e. The first-order valence-corrected chi connectivity index (χ1v) is 15.4. The van der Waals surface area contributed by atoms with Gasteiger partial charge in [-0.2, -0.15) is 0 Å². The number of rotatable bonds is 4. The van der Waals surface area contributed by atoms with Crippen LogP contribution in [-0.2, 0) is 0 Å². The lowest BCUT2D eigenvalue weighted by Crippen LogP contribution is -2.54. The van der Waals surface area contributed by atoms with E-state index in [-0.39, 0.29) is 24.3 Å². The molecule has 4 aliphatic rings. The van der Waals surface area contributed by atoms with Crippen LogP contribution in [0.1, 0.15) is 35.3 Å². The van der Waals surface area contributed by atoms with Gasteiger partial charge in [0.05, 0.1) is 17.9 Å². The lowest BCUT2D eigenvalue weighted by Gasteiger charge is -2.35. The van der Waals surface area contributed by atoms with Gasteiger partial charge in [0.1, 0.15) is 28.8 Å². The van der Waals surface area contributed by atoms with Crippen molar-refractivity contribution >= 4 is 39.3 Å². The van der Waals surface area contributed by atoms with E-state index in [9.17, 15) is 0 Å². The average Bonchev–Trinajstić information content (AvgIpc) is 3.65. The number of aromatic nitrogens is 1. The molecule has 5 atom stereocenters. The maximum atomic E-state index is 6.52. The average molecular weight is 574 g/mol. The second-order valence-electron chi connectivity index (χ2n) is 11.8. The Morgan fingerprint density at radius 3 is 2.55 bits per heavy atom. The summed E-state index contributed by atoms with van der Waals surface area (Å²) in [5, 5.41) is 9.75. The second-order valence-corrected chi connectivity index (χ2v) is 11.8. The Hall–Kier alpha value is -5.20. The molecule has 214 valence electrons. The number of furan rings is 1. The van der Waals surface area contributed by atoms with Crippen molar-refractivity contribution in [1.82, 2.24) is 15.6 Å². The van der Waals surface area contributed by atoms with Crippen molar-refractivity contribution in [3.05, 3.63) is 150 Å². The number of para-hydroxylation sites is 1. The summed E-state index contributed by atoms with van der Waals surface area (Å²) in [5.74, 6) is 2.16. The molecular formula is C38H31N5O. The standard InChI is InChI=1S/C38H31N5O/c1-3-12-24(13-4-1)36-40-37(25-14-5-2-6-15-25)42-38(41-36)29-18-11-21-33(39-29)43-30-19-9-7-17-28(30)34-31(43)23-22-27-26-16-8-10-20-32(26)44-35(27)34/h1-14,16-23,25,28,30,36-37,40H,15H2,(H,41,42). The highest BCUT2D eigenvalue weighted by molar-refractivity contribution is 6.08. The molecule has 4 heterocycles. The van der Waals surface area contributed by atoms with Crippen LogP contribution in [0.15, 0.2) is 143 Å². The van der Waals surface area contributed by atoms with Crippen LogP contribution in [0.3, 0.4) is 0 Å². The topological polar surface area (TPSA) is 65.7 Å². The maximum absolute atomic E-state index is 6.52. The molecule has 3 aromatic carbocycles. The van der Waals surface area contributed by atoms with Crippen molar-refractivity contribution < 1.29 is 4.42 Å². The van der Waals surface area contributed by atoms with Gasteiger partial charge in [-0.3, -0.25) is 5.32 Å². The van der Waals surface area contributed by atoms with E-state index >= 15 is 0 Å². The van der Waals surface area contributed by atoms with E-state index in [0.717, 1.165) is 57.0 Å². The van der Waals surface area contributed by atoms with Crippen LogP contribution in [0, 0.1) is 5.92 Å². The van der Waals surface area contributed by atoms with E-state index in [1.54, 1.807) is 0 Å². The minimum atomic E-state index is -0.174. The summed E-state index contributed by atoms with van der Waals surface area (Å²) in [4.78, 5) is 12.8. The minimum Gasteiger partial charge on any atom is -0.456 e. The van der Waals surface area contributed by atoms with Crippen molar-refractivity contribution in [1.29, 1.82) is 0 Å². The van der Waals surface area contributed by atoms with Crippen LogP contribution in [0.2, 0.25) is 0 Å². The molecule has 9 rings (SSSR count). The molecule has 2 aromatic heterocycles. The maximum Gasteiger partial charge on any atom is 0.150 e. The molecule has 0 amide bonds. The molecule has 0 saturated carbocycles. The molecule has 0 bridgehead atoms. The highest BCUT2D eigenvalue weighted by Gasteiger charge is 2.40. The van der Waals surface area contributed by atoms with Gasteiger partial charge in [-0.05, 0) is 42.3 Å². The molecule has 0 fully saturated rings. The molecule has 5 aromatic rings. The summed E-state index contributed by atoms with van der Waals surface area (Å²) in [5.41, 5.74) is 6.19. The van der Waals surface area contributed by atoms with Crippen LogP contribution in [0.25, 0.3) is 21.9 Å². The third-order valence-corrected chi connectivity index (χ3v) is 9.23. The predicted octanol–water partition coefficient (Wildman–Crippen LogP) is 7.81. The van der Waals surface area contributed by atoms with Gasteiger partial charge in [0.25, 0.3) is 0 Å². The van der Waals surface area contributed by atoms with Crippen molar-refractivity contribution in [3.8, 4) is 0 Å². The number of aliphatic imine (C=N–C) groups is 1. The van der Waals surface area contributed by atoms with E-state index in [0.29, 0.717) is 5.92 Å². The first-order chi connectivity index (χ1) is 21.8. The zero-order chi connectivity index (χ0) is 29.0. The van der Waals surface area contributed by atoms with Gasteiger partial charge in [-0.25, -0.2) is 9.98 Å². The van der Waals surface area contributed by atoms with Crippen LogP contribution in [-0.4, -0.2) is 23.0 Å². The Morgan fingerprint density at radius 1 is 0.773 bits per heavy atom. The number of pyridine rings is 1. The monoisotopic (exact) mass is 573 g/mol. The Balaban J connectivity index is 1.14. The summed E-state index contributed by atoms with van der Waals surface area (Å²) in [7, 11) is 0. The molecule has 5 unspecified atom stereocenters. The van der Waals surface area contributed by atoms with Crippen molar-refractivity contribution in [2.45, 2.75) is 30.7 Å². The normalized spacial score (nSPS) is 25.2. The molecule has 6 heteroatoms. The Bertz CT molecular complexity index is 2050. The van der Waals surface area contributed by atoms with E-state index < -0.39 is 0 Å². The van der Waals surface area contributed by atoms with Gasteiger partial charge < -0.3 is 14.6 Å². The summed E-state index contributed by atoms with van der Waals surface area (Å²) in [6, 6.07) is 29.5. The van der Waals surface area contributed by atoms with Crippen LogP contribution in [0.4, 0.5) is 11.5 Å². The quantitative estimate of drug-likeness (QED) is 0.230. The third kappa shape index (κ3) is 4.06. The minimum absolute atomic E-state index is 0.0176. The summed E-state index contributed by atoms with van der Waals surface area (Å²) in [6.45, 7) is 0. The fourth-order valence-electron chi connectivity index (χ4n) is 7.15. The second kappa shape index (κ2) is 10.2. The molecule has 2 aliphatic heterocycles. The smallest absolute Gasteiger partial charge is 0.150 e. The van der Waals surface area contributed by atoms with Gasteiger partial charge in [0.2, 0.25) is 0 Å². The van der Waals surface area contributed by atoms with E-state index in [1.165, 1.54) is 5.56 Å². The summed E-state index contributed by atoms with van der Waals surface area (Å²) >= 11 is 0. The Morgan fingerprint density at radius 2 is 1.64 bits per heavy atom. The molecule has 0 spiro atoms. The number of hydrogen-bond acceptors (Lipinski definition) is 6. The molecule has 44 heavy (non-hydrogen) atoms. The number of hydrogen-bond donors (Lipinski definition) is 2.